The lowest BCUT2D eigenvalue weighted by molar-refractivity contribution is -0.130. The second-order valence-corrected chi connectivity index (χ2v) is 5.56. The summed E-state index contributed by atoms with van der Waals surface area (Å²) in [4.78, 5) is 11.9. The summed E-state index contributed by atoms with van der Waals surface area (Å²) < 4.78 is 0. The van der Waals surface area contributed by atoms with Crippen LogP contribution in [0.15, 0.2) is 53.6 Å². The van der Waals surface area contributed by atoms with E-state index in [1.807, 2.05) is 43.3 Å². The zero-order chi connectivity index (χ0) is 15.7. The summed E-state index contributed by atoms with van der Waals surface area (Å²) in [6, 6.07) is 15.1. The van der Waals surface area contributed by atoms with Crippen molar-refractivity contribution in [3.05, 3.63) is 65.2 Å². The first-order valence-corrected chi connectivity index (χ1v) is 7.28. The SMILES string of the molecule is CC(=O)N1N=C(c2ccccc2O)C[C@@H]1c1ccc(C)cc1. The lowest BCUT2D eigenvalue weighted by Gasteiger charge is -2.20. The average molecular weight is 294 g/mol. The predicted molar refractivity (Wildman–Crippen MR) is 85.7 cm³/mol. The molecule has 0 unspecified atom stereocenters. The molecule has 0 fully saturated rings. The van der Waals surface area contributed by atoms with Crippen molar-refractivity contribution >= 4 is 11.6 Å². The largest absolute Gasteiger partial charge is 0.507 e. The van der Waals surface area contributed by atoms with Gasteiger partial charge in [-0.25, -0.2) is 5.01 Å². The van der Waals surface area contributed by atoms with Crippen LogP contribution in [0.3, 0.4) is 0 Å². The van der Waals surface area contributed by atoms with Crippen molar-refractivity contribution in [3.8, 4) is 5.75 Å². The van der Waals surface area contributed by atoms with E-state index in [0.717, 1.165) is 11.3 Å². The molecule has 1 amide bonds. The van der Waals surface area contributed by atoms with Crippen LogP contribution in [-0.2, 0) is 4.79 Å². The van der Waals surface area contributed by atoms with Crippen molar-refractivity contribution in [3.63, 3.8) is 0 Å². The Morgan fingerprint density at radius 3 is 2.50 bits per heavy atom. The molecule has 3 rings (SSSR count). The van der Waals surface area contributed by atoms with E-state index in [9.17, 15) is 9.90 Å². The summed E-state index contributed by atoms with van der Waals surface area (Å²) in [6.07, 6.45) is 0.597. The van der Waals surface area contributed by atoms with Gasteiger partial charge in [0.25, 0.3) is 0 Å². The molecule has 0 spiro atoms. The minimum Gasteiger partial charge on any atom is -0.507 e. The molecule has 0 saturated carbocycles. The zero-order valence-electron chi connectivity index (χ0n) is 12.7. The monoisotopic (exact) mass is 294 g/mol. The number of aromatic hydroxyl groups is 1. The molecule has 1 atom stereocenters. The summed E-state index contributed by atoms with van der Waals surface area (Å²) in [5.41, 5.74) is 3.65. The van der Waals surface area contributed by atoms with Crippen LogP contribution in [0, 0.1) is 6.92 Å². The molecular weight excluding hydrogens is 276 g/mol. The maximum atomic E-state index is 11.9. The molecule has 0 saturated heterocycles. The minimum atomic E-state index is -0.118. The number of phenols is 1. The second kappa shape index (κ2) is 5.64. The van der Waals surface area contributed by atoms with E-state index in [2.05, 4.69) is 5.10 Å². The van der Waals surface area contributed by atoms with Crippen molar-refractivity contribution in [2.45, 2.75) is 26.3 Å². The van der Waals surface area contributed by atoms with Gasteiger partial charge in [-0.3, -0.25) is 4.79 Å². The molecule has 0 radical (unpaired) electrons. The highest BCUT2D eigenvalue weighted by atomic mass is 16.3. The fourth-order valence-electron chi connectivity index (χ4n) is 2.73. The lowest BCUT2D eigenvalue weighted by atomic mass is 9.97. The fourth-order valence-corrected chi connectivity index (χ4v) is 2.73. The maximum absolute atomic E-state index is 11.9. The Bertz CT molecular complexity index is 735. The number of aryl methyl sites for hydroxylation is 1. The highest BCUT2D eigenvalue weighted by molar-refractivity contribution is 6.05. The smallest absolute Gasteiger partial charge is 0.240 e. The summed E-state index contributed by atoms with van der Waals surface area (Å²) in [5.74, 6) is 0.0882. The standard InChI is InChI=1S/C18H18N2O2/c1-12-7-9-14(10-8-12)17-11-16(19-20(17)13(2)21)15-5-3-4-6-18(15)22/h3-10,17,22H,11H2,1-2H3/t17-/m1/s1. The third kappa shape index (κ3) is 2.60. The van der Waals surface area contributed by atoms with Crippen LogP contribution < -0.4 is 0 Å². The van der Waals surface area contributed by atoms with Crippen molar-refractivity contribution in [2.75, 3.05) is 0 Å². The van der Waals surface area contributed by atoms with Gasteiger partial charge in [0.15, 0.2) is 0 Å². The Morgan fingerprint density at radius 2 is 1.86 bits per heavy atom. The Labute approximate surface area is 129 Å². The number of amides is 1. The van der Waals surface area contributed by atoms with E-state index in [-0.39, 0.29) is 17.7 Å². The summed E-state index contributed by atoms with van der Waals surface area (Å²) in [7, 11) is 0. The van der Waals surface area contributed by atoms with E-state index in [0.29, 0.717) is 12.0 Å². The van der Waals surface area contributed by atoms with E-state index >= 15 is 0 Å². The number of nitrogens with zero attached hydrogens (tertiary/aromatic N) is 2. The molecular formula is C18H18N2O2. The van der Waals surface area contributed by atoms with Gasteiger partial charge in [-0.2, -0.15) is 5.10 Å². The summed E-state index contributed by atoms with van der Waals surface area (Å²) in [6.45, 7) is 3.55. The first kappa shape index (κ1) is 14.3. The first-order chi connectivity index (χ1) is 10.6. The van der Waals surface area contributed by atoms with Crippen LogP contribution >= 0.6 is 0 Å². The van der Waals surface area contributed by atoms with Gasteiger partial charge >= 0.3 is 0 Å². The van der Waals surface area contributed by atoms with Crippen LogP contribution in [-0.4, -0.2) is 21.7 Å². The van der Waals surface area contributed by atoms with Crippen molar-refractivity contribution in [2.24, 2.45) is 5.10 Å². The highest BCUT2D eigenvalue weighted by Gasteiger charge is 2.32. The van der Waals surface area contributed by atoms with Gasteiger partial charge in [0.2, 0.25) is 5.91 Å². The van der Waals surface area contributed by atoms with Crippen molar-refractivity contribution in [1.29, 1.82) is 0 Å². The molecule has 1 heterocycles. The third-order valence-electron chi connectivity index (χ3n) is 3.91. The molecule has 1 aliphatic rings. The Kier molecular flexibility index (Phi) is 3.67. The van der Waals surface area contributed by atoms with Gasteiger partial charge in [-0.15, -0.1) is 0 Å². The number of benzene rings is 2. The van der Waals surface area contributed by atoms with Gasteiger partial charge in [0.1, 0.15) is 5.75 Å². The van der Waals surface area contributed by atoms with Gasteiger partial charge in [0, 0.05) is 18.9 Å². The summed E-state index contributed by atoms with van der Waals surface area (Å²) in [5, 5.41) is 16.0. The van der Waals surface area contributed by atoms with Crippen LogP contribution in [0.5, 0.6) is 5.75 Å². The molecule has 4 heteroatoms. The quantitative estimate of drug-likeness (QED) is 0.923. The van der Waals surface area contributed by atoms with E-state index in [1.54, 1.807) is 12.1 Å². The zero-order valence-corrected chi connectivity index (χ0v) is 12.7. The van der Waals surface area contributed by atoms with Crippen LogP contribution in [0.4, 0.5) is 0 Å². The van der Waals surface area contributed by atoms with Crippen molar-refractivity contribution in [1.82, 2.24) is 5.01 Å². The number of phenolic OH excluding ortho intramolecular Hbond substituents is 1. The van der Waals surface area contributed by atoms with E-state index in [1.165, 1.54) is 17.5 Å². The molecule has 2 aromatic rings. The van der Waals surface area contributed by atoms with Gasteiger partial charge in [0.05, 0.1) is 11.8 Å². The Balaban J connectivity index is 1.96. The molecule has 2 aromatic carbocycles. The van der Waals surface area contributed by atoms with Crippen LogP contribution in [0.25, 0.3) is 0 Å². The van der Waals surface area contributed by atoms with Crippen molar-refractivity contribution < 1.29 is 9.90 Å². The molecule has 112 valence electrons. The lowest BCUT2D eigenvalue weighted by Crippen LogP contribution is -2.24. The molecule has 22 heavy (non-hydrogen) atoms. The van der Waals surface area contributed by atoms with E-state index in [4.69, 9.17) is 0 Å². The molecule has 1 aliphatic heterocycles. The number of hydrazone groups is 1. The molecule has 0 aliphatic carbocycles. The first-order valence-electron chi connectivity index (χ1n) is 7.28. The van der Waals surface area contributed by atoms with Gasteiger partial charge in [-0.05, 0) is 24.6 Å². The number of para-hydroxylation sites is 1. The number of carbonyl (C=O) groups is 1. The van der Waals surface area contributed by atoms with Crippen LogP contribution in [0.1, 0.15) is 36.1 Å². The third-order valence-corrected chi connectivity index (χ3v) is 3.91. The molecule has 0 bridgehead atoms. The minimum absolute atomic E-state index is 0.101. The maximum Gasteiger partial charge on any atom is 0.240 e. The van der Waals surface area contributed by atoms with Gasteiger partial charge in [-0.1, -0.05) is 42.0 Å². The second-order valence-electron chi connectivity index (χ2n) is 5.56. The summed E-state index contributed by atoms with van der Waals surface area (Å²) >= 11 is 0. The number of carbonyl (C=O) groups excluding carboxylic acids is 1. The van der Waals surface area contributed by atoms with E-state index < -0.39 is 0 Å². The molecule has 4 nitrogen and oxygen atoms in total. The average Bonchev–Trinajstić information content (AvgIpc) is 2.93. The van der Waals surface area contributed by atoms with Gasteiger partial charge < -0.3 is 5.11 Å². The Morgan fingerprint density at radius 1 is 1.18 bits per heavy atom. The van der Waals surface area contributed by atoms with Crippen LogP contribution in [0.2, 0.25) is 0 Å². The molecule has 1 N–H and O–H groups in total. The topological polar surface area (TPSA) is 52.9 Å². The highest BCUT2D eigenvalue weighted by Crippen LogP contribution is 2.34. The number of hydrogen-bond donors (Lipinski definition) is 1. The number of hydrogen-bond acceptors (Lipinski definition) is 3. The normalized spacial score (nSPS) is 17.5. The fraction of sp³-hybridized carbons (Fsp3) is 0.222. The number of rotatable bonds is 2. The Hall–Kier alpha value is -2.62. The molecule has 0 aromatic heterocycles. The predicted octanol–water partition coefficient (Wildman–Crippen LogP) is 3.40.